The molecule has 0 bridgehead atoms. The highest BCUT2D eigenvalue weighted by molar-refractivity contribution is 6.31. The van der Waals surface area contributed by atoms with Crippen molar-refractivity contribution in [1.29, 1.82) is 0 Å². The van der Waals surface area contributed by atoms with E-state index in [9.17, 15) is 4.79 Å². The Morgan fingerprint density at radius 1 is 1.60 bits per heavy atom. The molecule has 0 fully saturated rings. The molecular formula is C10H13ClN2O2. The highest BCUT2D eigenvalue weighted by Gasteiger charge is 2.10. The molecule has 1 aromatic rings. The highest BCUT2D eigenvalue weighted by atomic mass is 35.5. The topological polar surface area (TPSA) is 55.6 Å². The van der Waals surface area contributed by atoms with Crippen LogP contribution in [0.2, 0.25) is 5.02 Å². The fraction of sp³-hybridized carbons (Fsp3) is 0.300. The standard InChI is InChI=1S/C10H13ClN2O2/c1-13(10(14)15-2)6-7-5-8(12)3-4-9(7)11/h3-5H,6,12H2,1-2H3. The van der Waals surface area contributed by atoms with Gasteiger partial charge < -0.3 is 15.4 Å². The largest absolute Gasteiger partial charge is 0.453 e. The van der Waals surface area contributed by atoms with Crippen LogP contribution in [0.5, 0.6) is 0 Å². The average Bonchev–Trinajstić information content (AvgIpc) is 2.22. The maximum Gasteiger partial charge on any atom is 0.409 e. The van der Waals surface area contributed by atoms with Crippen molar-refractivity contribution in [3.63, 3.8) is 0 Å². The van der Waals surface area contributed by atoms with Crippen molar-refractivity contribution in [3.05, 3.63) is 28.8 Å². The van der Waals surface area contributed by atoms with E-state index in [-0.39, 0.29) is 0 Å². The number of hydrogen-bond acceptors (Lipinski definition) is 3. The van der Waals surface area contributed by atoms with Gasteiger partial charge in [-0.05, 0) is 23.8 Å². The Labute approximate surface area is 93.6 Å². The van der Waals surface area contributed by atoms with Crippen LogP contribution in [-0.2, 0) is 11.3 Å². The summed E-state index contributed by atoms with van der Waals surface area (Å²) >= 11 is 5.95. The first-order valence-corrected chi connectivity index (χ1v) is 4.75. The molecule has 1 amide bonds. The number of hydrogen-bond donors (Lipinski definition) is 1. The van der Waals surface area contributed by atoms with Crippen LogP contribution in [0.3, 0.4) is 0 Å². The zero-order valence-electron chi connectivity index (χ0n) is 8.66. The second-order valence-electron chi connectivity index (χ2n) is 3.18. The second kappa shape index (κ2) is 4.89. The Bertz CT molecular complexity index is 368. The number of nitrogen functional groups attached to an aromatic ring is 1. The molecule has 0 atom stereocenters. The SMILES string of the molecule is COC(=O)N(C)Cc1cc(N)ccc1Cl. The zero-order chi connectivity index (χ0) is 11.4. The first-order chi connectivity index (χ1) is 7.04. The van der Waals surface area contributed by atoms with Crippen LogP contribution in [0.4, 0.5) is 10.5 Å². The Hall–Kier alpha value is -1.42. The molecule has 0 spiro atoms. The molecule has 0 heterocycles. The molecule has 82 valence electrons. The molecule has 0 aromatic heterocycles. The van der Waals surface area contributed by atoms with Gasteiger partial charge in [-0.15, -0.1) is 0 Å². The smallest absolute Gasteiger partial charge is 0.409 e. The third-order valence-electron chi connectivity index (χ3n) is 1.96. The lowest BCUT2D eigenvalue weighted by Crippen LogP contribution is -2.25. The van der Waals surface area contributed by atoms with Gasteiger partial charge in [0.1, 0.15) is 0 Å². The number of nitrogens with two attached hydrogens (primary N) is 1. The quantitative estimate of drug-likeness (QED) is 0.789. The summed E-state index contributed by atoms with van der Waals surface area (Å²) in [5.41, 5.74) is 7.03. The predicted molar refractivity (Wildman–Crippen MR) is 59.7 cm³/mol. The van der Waals surface area contributed by atoms with Crippen molar-refractivity contribution in [2.24, 2.45) is 0 Å². The van der Waals surface area contributed by atoms with E-state index in [0.717, 1.165) is 5.56 Å². The number of amides is 1. The fourth-order valence-corrected chi connectivity index (χ4v) is 1.37. The van der Waals surface area contributed by atoms with Crippen LogP contribution >= 0.6 is 11.6 Å². The van der Waals surface area contributed by atoms with E-state index in [1.165, 1.54) is 12.0 Å². The van der Waals surface area contributed by atoms with Crippen molar-refractivity contribution in [1.82, 2.24) is 4.90 Å². The number of carbonyl (C=O) groups is 1. The number of anilines is 1. The van der Waals surface area contributed by atoms with Gasteiger partial charge >= 0.3 is 6.09 Å². The van der Waals surface area contributed by atoms with Gasteiger partial charge in [0, 0.05) is 17.8 Å². The van der Waals surface area contributed by atoms with E-state index in [2.05, 4.69) is 4.74 Å². The molecule has 4 nitrogen and oxygen atoms in total. The lowest BCUT2D eigenvalue weighted by atomic mass is 10.2. The van der Waals surface area contributed by atoms with Crippen LogP contribution in [-0.4, -0.2) is 25.2 Å². The average molecular weight is 229 g/mol. The van der Waals surface area contributed by atoms with Gasteiger partial charge in [0.05, 0.1) is 13.7 Å². The molecule has 1 rings (SSSR count). The number of methoxy groups -OCH3 is 1. The zero-order valence-corrected chi connectivity index (χ0v) is 9.41. The van der Waals surface area contributed by atoms with Crippen LogP contribution in [0.1, 0.15) is 5.56 Å². The number of nitrogens with zero attached hydrogens (tertiary/aromatic N) is 1. The summed E-state index contributed by atoms with van der Waals surface area (Å²) in [6.45, 7) is 0.372. The third-order valence-corrected chi connectivity index (χ3v) is 2.33. The van der Waals surface area contributed by atoms with E-state index < -0.39 is 6.09 Å². The van der Waals surface area contributed by atoms with Crippen molar-refractivity contribution >= 4 is 23.4 Å². The van der Waals surface area contributed by atoms with Gasteiger partial charge in [-0.3, -0.25) is 0 Å². The Morgan fingerprint density at radius 3 is 2.87 bits per heavy atom. The van der Waals surface area contributed by atoms with E-state index in [1.54, 1.807) is 25.2 Å². The number of rotatable bonds is 2. The van der Waals surface area contributed by atoms with Gasteiger partial charge in [0.2, 0.25) is 0 Å². The van der Waals surface area contributed by atoms with Gasteiger partial charge in [-0.1, -0.05) is 11.6 Å². The normalized spacial score (nSPS) is 9.80. The molecule has 0 unspecified atom stereocenters. The minimum atomic E-state index is -0.409. The van der Waals surface area contributed by atoms with E-state index in [1.807, 2.05) is 0 Å². The monoisotopic (exact) mass is 228 g/mol. The van der Waals surface area contributed by atoms with Crippen molar-refractivity contribution < 1.29 is 9.53 Å². The first-order valence-electron chi connectivity index (χ1n) is 4.37. The molecule has 0 aliphatic rings. The summed E-state index contributed by atoms with van der Waals surface area (Å²) in [6.07, 6.45) is -0.409. The predicted octanol–water partition coefficient (Wildman–Crippen LogP) is 2.12. The minimum absolute atomic E-state index is 0.372. The number of ether oxygens (including phenoxy) is 1. The molecule has 0 aliphatic carbocycles. The summed E-state index contributed by atoms with van der Waals surface area (Å²) in [5.74, 6) is 0. The Kier molecular flexibility index (Phi) is 3.80. The Balaban J connectivity index is 2.80. The summed E-state index contributed by atoms with van der Waals surface area (Å²) < 4.78 is 4.57. The molecular weight excluding hydrogens is 216 g/mol. The maximum absolute atomic E-state index is 11.1. The third kappa shape index (κ3) is 3.02. The summed E-state index contributed by atoms with van der Waals surface area (Å²) in [4.78, 5) is 12.6. The van der Waals surface area contributed by atoms with Gasteiger partial charge in [0.25, 0.3) is 0 Å². The van der Waals surface area contributed by atoms with Crippen LogP contribution in [0.25, 0.3) is 0 Å². The van der Waals surface area contributed by atoms with Crippen molar-refractivity contribution in [2.75, 3.05) is 19.9 Å². The van der Waals surface area contributed by atoms with Gasteiger partial charge in [0.15, 0.2) is 0 Å². The number of carbonyl (C=O) groups excluding carboxylic acids is 1. The molecule has 1 aromatic carbocycles. The highest BCUT2D eigenvalue weighted by Crippen LogP contribution is 2.20. The summed E-state index contributed by atoms with van der Waals surface area (Å²) in [5, 5.41) is 0.583. The lowest BCUT2D eigenvalue weighted by molar-refractivity contribution is 0.131. The fourth-order valence-electron chi connectivity index (χ4n) is 1.19. The molecule has 15 heavy (non-hydrogen) atoms. The molecule has 0 radical (unpaired) electrons. The molecule has 0 saturated heterocycles. The lowest BCUT2D eigenvalue weighted by Gasteiger charge is -2.16. The molecule has 0 aliphatic heterocycles. The van der Waals surface area contributed by atoms with Crippen molar-refractivity contribution in [3.8, 4) is 0 Å². The van der Waals surface area contributed by atoms with Gasteiger partial charge in [-0.25, -0.2) is 4.79 Å². The number of halogens is 1. The van der Waals surface area contributed by atoms with Crippen LogP contribution < -0.4 is 5.73 Å². The van der Waals surface area contributed by atoms with Crippen LogP contribution in [0, 0.1) is 0 Å². The van der Waals surface area contributed by atoms with E-state index >= 15 is 0 Å². The number of benzene rings is 1. The molecule has 2 N–H and O–H groups in total. The van der Waals surface area contributed by atoms with Gasteiger partial charge in [-0.2, -0.15) is 0 Å². The van der Waals surface area contributed by atoms with Crippen LogP contribution in [0.15, 0.2) is 18.2 Å². The Morgan fingerprint density at radius 2 is 2.27 bits per heavy atom. The molecule has 5 heteroatoms. The summed E-state index contributed by atoms with van der Waals surface area (Å²) in [6, 6.07) is 5.16. The second-order valence-corrected chi connectivity index (χ2v) is 3.58. The maximum atomic E-state index is 11.1. The summed E-state index contributed by atoms with van der Waals surface area (Å²) in [7, 11) is 2.96. The molecule has 0 saturated carbocycles. The first kappa shape index (κ1) is 11.7. The minimum Gasteiger partial charge on any atom is -0.453 e. The van der Waals surface area contributed by atoms with E-state index in [4.69, 9.17) is 17.3 Å². The van der Waals surface area contributed by atoms with E-state index in [0.29, 0.717) is 17.3 Å². The van der Waals surface area contributed by atoms with Crippen molar-refractivity contribution in [2.45, 2.75) is 6.54 Å².